The van der Waals surface area contributed by atoms with E-state index < -0.39 is 0 Å². The molecule has 4 rings (SSSR count). The summed E-state index contributed by atoms with van der Waals surface area (Å²) in [6.07, 6.45) is 0. The van der Waals surface area contributed by atoms with E-state index in [1.807, 2.05) is 49.4 Å². The minimum absolute atomic E-state index is 0.120. The van der Waals surface area contributed by atoms with Crippen molar-refractivity contribution in [3.8, 4) is 11.5 Å². The van der Waals surface area contributed by atoms with Crippen LogP contribution in [0.4, 0.5) is 0 Å². The van der Waals surface area contributed by atoms with Gasteiger partial charge in [0.25, 0.3) is 0 Å². The van der Waals surface area contributed by atoms with Gasteiger partial charge in [-0.05, 0) is 36.8 Å². The van der Waals surface area contributed by atoms with Crippen molar-refractivity contribution in [1.29, 1.82) is 0 Å². The van der Waals surface area contributed by atoms with Crippen molar-refractivity contribution in [2.24, 2.45) is 0 Å². The molecule has 1 aromatic heterocycles. The first-order valence-electron chi connectivity index (χ1n) is 7.68. The first-order valence-corrected chi connectivity index (χ1v) is 7.68. The van der Waals surface area contributed by atoms with Gasteiger partial charge in [0.2, 0.25) is 12.7 Å². The number of fused-ring (bicyclic) bond motifs is 2. The minimum Gasteiger partial charge on any atom is -0.454 e. The van der Waals surface area contributed by atoms with E-state index in [-0.39, 0.29) is 25.3 Å². The molecule has 1 N–H and O–H groups in total. The SMILES string of the molecule is CC(NC(=O)Cn1nnc2ccccc21)c1ccc2c(c1)OCO2. The Morgan fingerprint density at radius 3 is 3.00 bits per heavy atom. The first kappa shape index (κ1) is 14.5. The molecular weight excluding hydrogens is 308 g/mol. The largest absolute Gasteiger partial charge is 0.454 e. The fourth-order valence-electron chi connectivity index (χ4n) is 2.72. The highest BCUT2D eigenvalue weighted by Crippen LogP contribution is 2.34. The standard InChI is InChI=1S/C17H16N4O3/c1-11(12-6-7-15-16(8-12)24-10-23-15)18-17(22)9-21-14-5-3-2-4-13(14)19-20-21/h2-8,11H,9-10H2,1H3,(H,18,22). The highest BCUT2D eigenvalue weighted by atomic mass is 16.7. The molecule has 0 saturated carbocycles. The van der Waals surface area contributed by atoms with Crippen LogP contribution in [-0.2, 0) is 11.3 Å². The first-order chi connectivity index (χ1) is 11.7. The number of aromatic nitrogens is 3. The molecule has 1 atom stereocenters. The summed E-state index contributed by atoms with van der Waals surface area (Å²) in [5.74, 6) is 1.30. The Labute approximate surface area is 138 Å². The van der Waals surface area contributed by atoms with Crippen LogP contribution in [0, 0.1) is 0 Å². The average molecular weight is 324 g/mol. The quantitative estimate of drug-likeness (QED) is 0.794. The predicted molar refractivity (Wildman–Crippen MR) is 86.7 cm³/mol. The topological polar surface area (TPSA) is 78.3 Å². The summed E-state index contributed by atoms with van der Waals surface area (Å²) in [4.78, 5) is 12.3. The summed E-state index contributed by atoms with van der Waals surface area (Å²) in [5, 5.41) is 11.0. The van der Waals surface area contributed by atoms with E-state index in [1.165, 1.54) is 0 Å². The van der Waals surface area contributed by atoms with Crippen molar-refractivity contribution in [2.75, 3.05) is 6.79 Å². The molecule has 0 spiro atoms. The van der Waals surface area contributed by atoms with E-state index in [0.29, 0.717) is 5.75 Å². The molecule has 0 radical (unpaired) electrons. The number of benzene rings is 2. The maximum atomic E-state index is 12.3. The molecule has 2 heterocycles. The van der Waals surface area contributed by atoms with E-state index in [2.05, 4.69) is 15.6 Å². The fraction of sp³-hybridized carbons (Fsp3) is 0.235. The van der Waals surface area contributed by atoms with Gasteiger partial charge >= 0.3 is 0 Å². The molecule has 2 aromatic carbocycles. The summed E-state index contributed by atoms with van der Waals surface area (Å²) in [6, 6.07) is 13.1. The molecule has 0 aliphatic carbocycles. The predicted octanol–water partition coefficient (Wildman–Crippen LogP) is 2.04. The fourth-order valence-corrected chi connectivity index (χ4v) is 2.72. The Hall–Kier alpha value is -3.09. The number of hydrogen-bond acceptors (Lipinski definition) is 5. The average Bonchev–Trinajstić information content (AvgIpc) is 3.21. The van der Waals surface area contributed by atoms with Crippen molar-refractivity contribution in [2.45, 2.75) is 19.5 Å². The Bertz CT molecular complexity index is 906. The molecule has 7 nitrogen and oxygen atoms in total. The molecule has 0 saturated heterocycles. The summed E-state index contributed by atoms with van der Waals surface area (Å²) in [7, 11) is 0. The number of rotatable bonds is 4. The van der Waals surface area contributed by atoms with Crippen LogP contribution >= 0.6 is 0 Å². The molecule has 1 aliphatic heterocycles. The smallest absolute Gasteiger partial charge is 0.242 e. The van der Waals surface area contributed by atoms with Crippen LogP contribution in [0.2, 0.25) is 0 Å². The van der Waals surface area contributed by atoms with Gasteiger partial charge in [0.15, 0.2) is 11.5 Å². The minimum atomic E-state index is -0.151. The van der Waals surface area contributed by atoms with Crippen molar-refractivity contribution < 1.29 is 14.3 Å². The Balaban J connectivity index is 1.45. The summed E-state index contributed by atoms with van der Waals surface area (Å²) < 4.78 is 12.3. The number of nitrogens with zero attached hydrogens (tertiary/aromatic N) is 3. The summed E-state index contributed by atoms with van der Waals surface area (Å²) >= 11 is 0. The summed E-state index contributed by atoms with van der Waals surface area (Å²) in [6.45, 7) is 2.28. The van der Waals surface area contributed by atoms with Gasteiger partial charge in [0, 0.05) is 0 Å². The lowest BCUT2D eigenvalue weighted by atomic mass is 10.1. The zero-order valence-electron chi connectivity index (χ0n) is 13.1. The number of ether oxygens (including phenoxy) is 2. The van der Waals surface area contributed by atoms with E-state index >= 15 is 0 Å². The van der Waals surface area contributed by atoms with Crippen molar-refractivity contribution in [1.82, 2.24) is 20.3 Å². The molecule has 1 amide bonds. The molecule has 7 heteroatoms. The van der Waals surface area contributed by atoms with Gasteiger partial charge in [-0.15, -0.1) is 5.10 Å². The number of para-hydroxylation sites is 1. The van der Waals surface area contributed by atoms with E-state index in [4.69, 9.17) is 9.47 Å². The van der Waals surface area contributed by atoms with Crippen LogP contribution < -0.4 is 14.8 Å². The second-order valence-electron chi connectivity index (χ2n) is 5.64. The Kier molecular flexibility index (Phi) is 3.53. The third-order valence-electron chi connectivity index (χ3n) is 3.99. The maximum absolute atomic E-state index is 12.3. The summed E-state index contributed by atoms with van der Waals surface area (Å²) in [5.41, 5.74) is 2.56. The monoisotopic (exact) mass is 324 g/mol. The third-order valence-corrected chi connectivity index (χ3v) is 3.99. The molecule has 3 aromatic rings. The highest BCUT2D eigenvalue weighted by molar-refractivity contribution is 5.80. The molecule has 0 bridgehead atoms. The van der Waals surface area contributed by atoms with Crippen LogP contribution in [0.25, 0.3) is 11.0 Å². The van der Waals surface area contributed by atoms with Gasteiger partial charge in [0.05, 0.1) is 11.6 Å². The third kappa shape index (κ3) is 2.64. The normalized spacial score (nSPS) is 13.9. The van der Waals surface area contributed by atoms with Crippen LogP contribution in [0.3, 0.4) is 0 Å². The number of hydrogen-bond donors (Lipinski definition) is 1. The van der Waals surface area contributed by atoms with Crippen molar-refractivity contribution >= 4 is 16.9 Å². The number of carbonyl (C=O) groups is 1. The Morgan fingerprint density at radius 2 is 2.08 bits per heavy atom. The molecule has 24 heavy (non-hydrogen) atoms. The van der Waals surface area contributed by atoms with Crippen LogP contribution in [0.1, 0.15) is 18.5 Å². The van der Waals surface area contributed by atoms with Crippen LogP contribution in [-0.4, -0.2) is 27.7 Å². The zero-order valence-corrected chi connectivity index (χ0v) is 13.1. The zero-order chi connectivity index (χ0) is 16.5. The van der Waals surface area contributed by atoms with Crippen LogP contribution in [0.5, 0.6) is 11.5 Å². The lowest BCUT2D eigenvalue weighted by molar-refractivity contribution is -0.122. The Morgan fingerprint density at radius 1 is 1.25 bits per heavy atom. The lowest BCUT2D eigenvalue weighted by Gasteiger charge is -2.15. The molecular formula is C17H16N4O3. The number of amides is 1. The second kappa shape index (κ2) is 5.84. The molecule has 0 fully saturated rings. The molecule has 1 aliphatic rings. The maximum Gasteiger partial charge on any atom is 0.242 e. The van der Waals surface area contributed by atoms with Gasteiger partial charge < -0.3 is 14.8 Å². The van der Waals surface area contributed by atoms with E-state index in [9.17, 15) is 4.79 Å². The number of carbonyl (C=O) groups excluding carboxylic acids is 1. The van der Waals surface area contributed by atoms with Gasteiger partial charge in [-0.2, -0.15) is 0 Å². The van der Waals surface area contributed by atoms with Gasteiger partial charge in [-0.25, -0.2) is 4.68 Å². The second-order valence-corrected chi connectivity index (χ2v) is 5.64. The van der Waals surface area contributed by atoms with Gasteiger partial charge in [-0.3, -0.25) is 4.79 Å². The van der Waals surface area contributed by atoms with Gasteiger partial charge in [0.1, 0.15) is 12.1 Å². The molecule has 1 unspecified atom stereocenters. The van der Waals surface area contributed by atoms with E-state index in [0.717, 1.165) is 22.3 Å². The molecule has 122 valence electrons. The van der Waals surface area contributed by atoms with Crippen LogP contribution in [0.15, 0.2) is 42.5 Å². The van der Waals surface area contributed by atoms with Crippen molar-refractivity contribution in [3.05, 3.63) is 48.0 Å². The lowest BCUT2D eigenvalue weighted by Crippen LogP contribution is -2.30. The highest BCUT2D eigenvalue weighted by Gasteiger charge is 2.17. The number of nitrogens with one attached hydrogen (secondary N) is 1. The van der Waals surface area contributed by atoms with E-state index in [1.54, 1.807) is 4.68 Å². The van der Waals surface area contributed by atoms with Crippen molar-refractivity contribution in [3.63, 3.8) is 0 Å². The van der Waals surface area contributed by atoms with Gasteiger partial charge in [-0.1, -0.05) is 23.4 Å².